The molecule has 15 heavy (non-hydrogen) atoms. The number of carbonyl (C=O) groups is 1. The summed E-state index contributed by atoms with van der Waals surface area (Å²) >= 11 is 0. The first-order chi connectivity index (χ1) is 6.72. The molecular weight excluding hydrogens is 194 g/mol. The summed E-state index contributed by atoms with van der Waals surface area (Å²) in [5.41, 5.74) is -0.445. The second-order valence-electron chi connectivity index (χ2n) is 5.41. The van der Waals surface area contributed by atoms with Crippen molar-refractivity contribution in [3.8, 4) is 0 Å². The quantitative estimate of drug-likeness (QED) is 0.670. The second kappa shape index (κ2) is 4.10. The van der Waals surface area contributed by atoms with Gasteiger partial charge in [0.15, 0.2) is 0 Å². The zero-order valence-corrected chi connectivity index (χ0v) is 9.96. The second-order valence-corrected chi connectivity index (χ2v) is 5.41. The predicted molar refractivity (Wildman–Crippen MR) is 57.5 cm³/mol. The minimum atomic E-state index is -0.332. The van der Waals surface area contributed by atoms with Crippen LogP contribution in [0, 0.1) is 0 Å². The van der Waals surface area contributed by atoms with Crippen LogP contribution in [0.1, 0.15) is 40.5 Å². The largest absolute Gasteiger partial charge is 0.464 e. The van der Waals surface area contributed by atoms with Gasteiger partial charge in [0, 0.05) is 12.5 Å². The number of rotatable bonds is 2. The third-order valence-electron chi connectivity index (χ3n) is 2.67. The molecule has 2 N–H and O–H groups in total. The van der Waals surface area contributed by atoms with Gasteiger partial charge in [-0.25, -0.2) is 0 Å². The molecule has 88 valence electrons. The lowest BCUT2D eigenvalue weighted by Crippen LogP contribution is -2.62. The molecule has 0 aliphatic carbocycles. The SMILES string of the molecule is CC(=O)OCC1(C)CC(O)CC(C)(C)N1. The van der Waals surface area contributed by atoms with Gasteiger partial charge in [0.25, 0.3) is 0 Å². The molecule has 1 rings (SSSR count). The summed E-state index contributed by atoms with van der Waals surface area (Å²) in [6.07, 6.45) is 1.01. The molecule has 1 aliphatic heterocycles. The van der Waals surface area contributed by atoms with Crippen LogP contribution in [0.3, 0.4) is 0 Å². The molecule has 1 fully saturated rings. The normalized spacial score (nSPS) is 34.9. The van der Waals surface area contributed by atoms with Gasteiger partial charge in [0.2, 0.25) is 0 Å². The van der Waals surface area contributed by atoms with Crippen LogP contribution in [0.5, 0.6) is 0 Å². The maximum absolute atomic E-state index is 10.8. The zero-order valence-electron chi connectivity index (χ0n) is 9.96. The molecule has 0 aromatic heterocycles. The summed E-state index contributed by atoms with van der Waals surface area (Å²) in [6.45, 7) is 7.76. The molecule has 1 heterocycles. The van der Waals surface area contributed by atoms with Crippen molar-refractivity contribution in [3.05, 3.63) is 0 Å². The fourth-order valence-electron chi connectivity index (χ4n) is 2.46. The Hall–Kier alpha value is -0.610. The smallest absolute Gasteiger partial charge is 0.302 e. The highest BCUT2D eigenvalue weighted by Gasteiger charge is 2.40. The number of hydrogen-bond donors (Lipinski definition) is 2. The van der Waals surface area contributed by atoms with E-state index in [0.29, 0.717) is 13.0 Å². The van der Waals surface area contributed by atoms with Gasteiger partial charge in [-0.05, 0) is 33.6 Å². The highest BCUT2D eigenvalue weighted by Crippen LogP contribution is 2.28. The van der Waals surface area contributed by atoms with E-state index in [1.165, 1.54) is 6.92 Å². The fraction of sp³-hybridized carbons (Fsp3) is 0.909. The third kappa shape index (κ3) is 3.80. The average molecular weight is 215 g/mol. The summed E-state index contributed by atoms with van der Waals surface area (Å²) in [4.78, 5) is 10.8. The molecule has 0 bridgehead atoms. The minimum Gasteiger partial charge on any atom is -0.464 e. The van der Waals surface area contributed by atoms with E-state index in [1.807, 2.05) is 20.8 Å². The Morgan fingerprint density at radius 2 is 2.07 bits per heavy atom. The number of aliphatic hydroxyl groups excluding tert-OH is 1. The summed E-state index contributed by atoms with van der Waals surface area (Å²) in [7, 11) is 0. The molecule has 0 aromatic rings. The van der Waals surface area contributed by atoms with Crippen LogP contribution >= 0.6 is 0 Å². The van der Waals surface area contributed by atoms with E-state index in [2.05, 4.69) is 5.32 Å². The van der Waals surface area contributed by atoms with Gasteiger partial charge in [-0.2, -0.15) is 0 Å². The number of esters is 1. The van der Waals surface area contributed by atoms with E-state index in [9.17, 15) is 9.90 Å². The van der Waals surface area contributed by atoms with E-state index in [-0.39, 0.29) is 23.2 Å². The third-order valence-corrected chi connectivity index (χ3v) is 2.67. The monoisotopic (exact) mass is 215 g/mol. The lowest BCUT2D eigenvalue weighted by Gasteiger charge is -2.46. The zero-order chi connectivity index (χ0) is 11.7. The molecule has 2 unspecified atom stereocenters. The molecule has 0 saturated carbocycles. The van der Waals surface area contributed by atoms with Crippen LogP contribution < -0.4 is 5.32 Å². The van der Waals surface area contributed by atoms with Crippen LogP contribution in [0.25, 0.3) is 0 Å². The van der Waals surface area contributed by atoms with Gasteiger partial charge in [-0.1, -0.05) is 0 Å². The fourth-order valence-corrected chi connectivity index (χ4v) is 2.46. The maximum atomic E-state index is 10.8. The van der Waals surface area contributed by atoms with E-state index in [4.69, 9.17) is 4.74 Å². The Kier molecular flexibility index (Phi) is 3.41. The van der Waals surface area contributed by atoms with Gasteiger partial charge in [-0.3, -0.25) is 4.79 Å². The van der Waals surface area contributed by atoms with Crippen molar-refractivity contribution in [1.82, 2.24) is 5.32 Å². The molecule has 4 heteroatoms. The topological polar surface area (TPSA) is 58.6 Å². The van der Waals surface area contributed by atoms with E-state index < -0.39 is 0 Å². The van der Waals surface area contributed by atoms with E-state index in [1.54, 1.807) is 0 Å². The van der Waals surface area contributed by atoms with Gasteiger partial charge in [0.05, 0.1) is 11.6 Å². The first-order valence-electron chi connectivity index (χ1n) is 5.33. The highest BCUT2D eigenvalue weighted by atomic mass is 16.5. The van der Waals surface area contributed by atoms with Crippen molar-refractivity contribution in [3.63, 3.8) is 0 Å². The number of ether oxygens (including phenoxy) is 1. The van der Waals surface area contributed by atoms with Crippen LogP contribution in [0.4, 0.5) is 0 Å². The molecule has 1 saturated heterocycles. The van der Waals surface area contributed by atoms with Crippen molar-refractivity contribution >= 4 is 5.97 Å². The summed E-state index contributed by atoms with van der Waals surface area (Å²) < 4.78 is 5.01. The van der Waals surface area contributed by atoms with Crippen LogP contribution in [-0.2, 0) is 9.53 Å². The van der Waals surface area contributed by atoms with Crippen molar-refractivity contribution in [2.45, 2.75) is 57.7 Å². The number of hydrogen-bond acceptors (Lipinski definition) is 4. The lowest BCUT2D eigenvalue weighted by molar-refractivity contribution is -0.144. The average Bonchev–Trinajstić information content (AvgIpc) is 1.96. The first kappa shape index (κ1) is 12.5. The summed E-state index contributed by atoms with van der Waals surface area (Å²) in [5.74, 6) is -0.282. The molecule has 0 aromatic carbocycles. The molecule has 1 aliphatic rings. The Morgan fingerprint density at radius 1 is 1.47 bits per heavy atom. The number of piperidine rings is 1. The van der Waals surface area contributed by atoms with Crippen molar-refractivity contribution < 1.29 is 14.6 Å². The van der Waals surface area contributed by atoms with Gasteiger partial charge in [0.1, 0.15) is 6.61 Å². The van der Waals surface area contributed by atoms with Crippen LogP contribution in [0.15, 0.2) is 0 Å². The van der Waals surface area contributed by atoms with Crippen molar-refractivity contribution in [2.75, 3.05) is 6.61 Å². The number of carbonyl (C=O) groups excluding carboxylic acids is 1. The van der Waals surface area contributed by atoms with Crippen molar-refractivity contribution in [2.24, 2.45) is 0 Å². The maximum Gasteiger partial charge on any atom is 0.302 e. The van der Waals surface area contributed by atoms with Crippen LogP contribution in [-0.4, -0.2) is 34.9 Å². The van der Waals surface area contributed by atoms with Gasteiger partial charge < -0.3 is 15.2 Å². The predicted octanol–water partition coefficient (Wildman–Crippen LogP) is 0.831. The molecule has 4 nitrogen and oxygen atoms in total. The van der Waals surface area contributed by atoms with E-state index in [0.717, 1.165) is 6.42 Å². The minimum absolute atomic E-state index is 0.118. The highest BCUT2D eigenvalue weighted by molar-refractivity contribution is 5.65. The summed E-state index contributed by atoms with van der Waals surface area (Å²) in [6, 6.07) is 0. The molecule has 0 spiro atoms. The molecular formula is C11H21NO3. The Balaban J connectivity index is 2.62. The first-order valence-corrected chi connectivity index (χ1v) is 5.33. The van der Waals surface area contributed by atoms with Gasteiger partial charge >= 0.3 is 5.97 Å². The van der Waals surface area contributed by atoms with E-state index >= 15 is 0 Å². The summed E-state index contributed by atoms with van der Waals surface area (Å²) in [5, 5.41) is 13.2. The number of aliphatic hydroxyl groups is 1. The van der Waals surface area contributed by atoms with Gasteiger partial charge in [-0.15, -0.1) is 0 Å². The Bertz CT molecular complexity index is 252. The van der Waals surface area contributed by atoms with Crippen LogP contribution in [0.2, 0.25) is 0 Å². The molecule has 0 radical (unpaired) electrons. The van der Waals surface area contributed by atoms with Crippen molar-refractivity contribution in [1.29, 1.82) is 0 Å². The standard InChI is InChI=1S/C11H21NO3/c1-8(13)15-7-11(4)6-9(14)5-10(2,3)12-11/h9,12,14H,5-7H2,1-4H3. The molecule has 0 amide bonds. The number of nitrogens with one attached hydrogen (secondary N) is 1. The Labute approximate surface area is 91.0 Å². The Morgan fingerprint density at radius 3 is 2.53 bits per heavy atom. The lowest BCUT2D eigenvalue weighted by atomic mass is 9.80. The molecule has 2 atom stereocenters.